The van der Waals surface area contributed by atoms with Gasteiger partial charge in [0.25, 0.3) is 0 Å². The summed E-state index contributed by atoms with van der Waals surface area (Å²) in [5.41, 5.74) is 1.14. The van der Waals surface area contributed by atoms with Crippen molar-refractivity contribution in [2.24, 2.45) is 5.41 Å². The van der Waals surface area contributed by atoms with Crippen LogP contribution in [0.5, 0.6) is 0 Å². The van der Waals surface area contributed by atoms with E-state index in [9.17, 15) is 15.2 Å². The maximum absolute atomic E-state index is 13.4. The summed E-state index contributed by atoms with van der Waals surface area (Å²) in [6.07, 6.45) is 5.96. The molecule has 3 fully saturated rings. The van der Waals surface area contributed by atoms with E-state index >= 15 is 0 Å². The van der Waals surface area contributed by atoms with E-state index in [2.05, 4.69) is 20.9 Å². The number of nitriles is 1. The van der Waals surface area contributed by atoms with Crippen LogP contribution in [0.3, 0.4) is 0 Å². The van der Waals surface area contributed by atoms with Crippen molar-refractivity contribution in [1.29, 1.82) is 5.26 Å². The summed E-state index contributed by atoms with van der Waals surface area (Å²) in [5, 5.41) is 19.2. The Kier molecular flexibility index (Phi) is 4.81. The van der Waals surface area contributed by atoms with Crippen molar-refractivity contribution in [2.45, 2.75) is 64.0 Å². The van der Waals surface area contributed by atoms with E-state index in [-0.39, 0.29) is 23.5 Å². The van der Waals surface area contributed by atoms with Gasteiger partial charge in [0.15, 0.2) is 0 Å². The van der Waals surface area contributed by atoms with Gasteiger partial charge < -0.3 is 14.9 Å². The van der Waals surface area contributed by atoms with Gasteiger partial charge in [-0.05, 0) is 64.0 Å². The number of aliphatic hydroxyl groups is 1. The molecule has 6 heteroatoms. The zero-order valence-corrected chi connectivity index (χ0v) is 16.0. The van der Waals surface area contributed by atoms with E-state index in [1.54, 1.807) is 0 Å². The van der Waals surface area contributed by atoms with Gasteiger partial charge in [-0.25, -0.2) is 4.98 Å². The maximum Gasteiger partial charge on any atom is 0.230 e. The summed E-state index contributed by atoms with van der Waals surface area (Å²) in [7, 11) is 0. The third-order valence-corrected chi connectivity index (χ3v) is 6.66. The van der Waals surface area contributed by atoms with Crippen LogP contribution in [0.2, 0.25) is 0 Å². The molecule has 0 unspecified atom stereocenters. The number of amides is 1. The summed E-state index contributed by atoms with van der Waals surface area (Å²) in [4.78, 5) is 22.3. The average Bonchev–Trinajstić information content (AvgIpc) is 2.98. The van der Waals surface area contributed by atoms with E-state index in [0.717, 1.165) is 69.5 Å². The Balaban J connectivity index is 1.54. The minimum atomic E-state index is -0.341. The Morgan fingerprint density at radius 1 is 1.22 bits per heavy atom. The monoisotopic (exact) mass is 368 g/mol. The molecule has 0 bridgehead atoms. The highest BCUT2D eigenvalue weighted by molar-refractivity contribution is 5.86. The molecule has 1 atom stereocenters. The molecule has 2 saturated heterocycles. The molecule has 1 aromatic rings. The van der Waals surface area contributed by atoms with Crippen molar-refractivity contribution in [3.05, 3.63) is 23.4 Å². The molecular weight excluding hydrogens is 340 g/mol. The first kappa shape index (κ1) is 18.2. The highest BCUT2D eigenvalue weighted by atomic mass is 16.3. The number of pyridine rings is 1. The Bertz CT molecular complexity index is 766. The van der Waals surface area contributed by atoms with Crippen LogP contribution in [-0.4, -0.2) is 52.7 Å². The second kappa shape index (κ2) is 7.12. The normalized spacial score (nSPS) is 31.4. The second-order valence-electron chi connectivity index (χ2n) is 8.45. The predicted octanol–water partition coefficient (Wildman–Crippen LogP) is 2.38. The van der Waals surface area contributed by atoms with Crippen molar-refractivity contribution in [3.63, 3.8) is 0 Å². The molecule has 1 amide bonds. The number of carbonyl (C=O) groups is 1. The Labute approximate surface area is 160 Å². The van der Waals surface area contributed by atoms with Gasteiger partial charge in [-0.15, -0.1) is 0 Å². The molecule has 0 aromatic carbocycles. The zero-order valence-electron chi connectivity index (χ0n) is 16.0. The Morgan fingerprint density at radius 3 is 2.74 bits per heavy atom. The Morgan fingerprint density at radius 2 is 2.00 bits per heavy atom. The predicted molar refractivity (Wildman–Crippen MR) is 102 cm³/mol. The van der Waals surface area contributed by atoms with Crippen molar-refractivity contribution < 1.29 is 9.90 Å². The molecule has 3 aliphatic rings. The number of aromatic nitrogens is 1. The fraction of sp³-hybridized carbons (Fsp3) is 0.667. The minimum Gasteiger partial charge on any atom is -0.393 e. The molecule has 6 nitrogen and oxygen atoms in total. The number of nitrogens with zero attached hydrogens (tertiary/aromatic N) is 4. The van der Waals surface area contributed by atoms with Gasteiger partial charge in [0.05, 0.1) is 17.1 Å². The number of hydrogen-bond acceptors (Lipinski definition) is 5. The molecular formula is C21H28N4O2. The number of anilines is 1. The standard InChI is InChI=1S/C21H28N4O2/c1-15-3-4-16(13-22)19(23-15)24-11-2-9-21(14-24)10-12-25(20(21)27)17-5-7-18(26)8-6-17/h3-4,17-18,26H,2,5-12,14H2,1H3/t17-,18-,21-/m1/s1. The number of rotatable bonds is 2. The molecule has 2 aliphatic heterocycles. The van der Waals surface area contributed by atoms with E-state index < -0.39 is 0 Å². The van der Waals surface area contributed by atoms with E-state index in [4.69, 9.17) is 0 Å². The molecule has 3 heterocycles. The van der Waals surface area contributed by atoms with Crippen LogP contribution in [0.4, 0.5) is 5.82 Å². The first-order chi connectivity index (χ1) is 13.0. The summed E-state index contributed by atoms with van der Waals surface area (Å²) in [6, 6.07) is 6.22. The molecule has 4 rings (SSSR count). The molecule has 1 aliphatic carbocycles. The third kappa shape index (κ3) is 3.29. The Hall–Kier alpha value is -2.13. The van der Waals surface area contributed by atoms with Gasteiger partial charge in [-0.2, -0.15) is 5.26 Å². The molecule has 1 aromatic heterocycles. The smallest absolute Gasteiger partial charge is 0.230 e. The van der Waals surface area contributed by atoms with Gasteiger partial charge in [0, 0.05) is 31.4 Å². The van der Waals surface area contributed by atoms with Crippen LogP contribution >= 0.6 is 0 Å². The van der Waals surface area contributed by atoms with Gasteiger partial charge in [-0.3, -0.25) is 4.79 Å². The number of hydrogen-bond donors (Lipinski definition) is 1. The highest BCUT2D eigenvalue weighted by Crippen LogP contribution is 2.43. The van der Waals surface area contributed by atoms with Crippen LogP contribution in [0.15, 0.2) is 12.1 Å². The number of aliphatic hydroxyl groups excluding tert-OH is 1. The van der Waals surface area contributed by atoms with Crippen molar-refractivity contribution >= 4 is 11.7 Å². The van der Waals surface area contributed by atoms with Crippen molar-refractivity contribution in [3.8, 4) is 6.07 Å². The lowest BCUT2D eigenvalue weighted by Gasteiger charge is -2.41. The summed E-state index contributed by atoms with van der Waals surface area (Å²) in [5.74, 6) is 1.00. The lowest BCUT2D eigenvalue weighted by molar-refractivity contribution is -0.139. The third-order valence-electron chi connectivity index (χ3n) is 6.66. The lowest BCUT2D eigenvalue weighted by atomic mass is 9.78. The molecule has 27 heavy (non-hydrogen) atoms. The molecule has 144 valence electrons. The molecule has 1 saturated carbocycles. The first-order valence-corrected chi connectivity index (χ1v) is 10.1. The van der Waals surface area contributed by atoms with Crippen LogP contribution in [0, 0.1) is 23.7 Å². The number of carbonyl (C=O) groups excluding carboxylic acids is 1. The molecule has 1 spiro atoms. The zero-order chi connectivity index (χ0) is 19.0. The van der Waals surface area contributed by atoms with Gasteiger partial charge >= 0.3 is 0 Å². The SMILES string of the molecule is Cc1ccc(C#N)c(N2CCC[C@@]3(CCN([C@H]4CC[C@H](O)CC4)C3=O)C2)n1. The highest BCUT2D eigenvalue weighted by Gasteiger charge is 2.51. The number of likely N-dealkylation sites (tertiary alicyclic amines) is 1. The topological polar surface area (TPSA) is 80.5 Å². The van der Waals surface area contributed by atoms with Crippen molar-refractivity contribution in [2.75, 3.05) is 24.5 Å². The van der Waals surface area contributed by atoms with Crippen molar-refractivity contribution in [1.82, 2.24) is 9.88 Å². The van der Waals surface area contributed by atoms with Gasteiger partial charge in [-0.1, -0.05) is 0 Å². The molecule has 0 radical (unpaired) electrons. The summed E-state index contributed by atoms with van der Waals surface area (Å²) < 4.78 is 0. The quantitative estimate of drug-likeness (QED) is 0.867. The lowest BCUT2D eigenvalue weighted by Crippen LogP contribution is -2.50. The van der Waals surface area contributed by atoms with E-state index in [1.807, 2.05) is 19.1 Å². The summed E-state index contributed by atoms with van der Waals surface area (Å²) in [6.45, 7) is 4.25. The van der Waals surface area contributed by atoms with Crippen LogP contribution < -0.4 is 4.90 Å². The summed E-state index contributed by atoms with van der Waals surface area (Å²) >= 11 is 0. The fourth-order valence-corrected chi connectivity index (χ4v) is 5.13. The van der Waals surface area contributed by atoms with E-state index in [1.165, 1.54) is 0 Å². The van der Waals surface area contributed by atoms with Gasteiger partial charge in [0.1, 0.15) is 11.9 Å². The first-order valence-electron chi connectivity index (χ1n) is 10.1. The molecule has 1 N–H and O–H groups in total. The minimum absolute atomic E-state index is 0.199. The largest absolute Gasteiger partial charge is 0.393 e. The van der Waals surface area contributed by atoms with Crippen LogP contribution in [0.1, 0.15) is 56.2 Å². The van der Waals surface area contributed by atoms with Crippen LogP contribution in [0.25, 0.3) is 0 Å². The van der Waals surface area contributed by atoms with E-state index in [0.29, 0.717) is 12.1 Å². The maximum atomic E-state index is 13.4. The number of piperidine rings is 1. The number of aryl methyl sites for hydroxylation is 1. The van der Waals surface area contributed by atoms with Crippen LogP contribution in [-0.2, 0) is 4.79 Å². The fourth-order valence-electron chi connectivity index (χ4n) is 5.13. The van der Waals surface area contributed by atoms with Gasteiger partial charge in [0.2, 0.25) is 5.91 Å². The average molecular weight is 368 g/mol. The second-order valence-corrected chi connectivity index (χ2v) is 8.45.